The van der Waals surface area contributed by atoms with E-state index >= 15 is 0 Å². The number of hydrogen-bond donors (Lipinski definition) is 1. The number of aromatic nitrogens is 1. The molecule has 0 atom stereocenters. The third-order valence-corrected chi connectivity index (χ3v) is 4.79. The minimum atomic E-state index is -0.318. The number of amides is 2. The summed E-state index contributed by atoms with van der Waals surface area (Å²) >= 11 is 0. The third kappa shape index (κ3) is 4.90. The maximum atomic E-state index is 13.1. The molecule has 27 heavy (non-hydrogen) atoms. The Balaban J connectivity index is 2.10. The van der Waals surface area contributed by atoms with E-state index in [1.165, 1.54) is 6.92 Å². The molecule has 1 aromatic rings. The summed E-state index contributed by atoms with van der Waals surface area (Å²) < 4.78 is 5.30. The Morgan fingerprint density at radius 1 is 1.11 bits per heavy atom. The number of carbonyl (C=O) groups is 3. The summed E-state index contributed by atoms with van der Waals surface area (Å²) in [4.78, 5) is 43.7. The van der Waals surface area contributed by atoms with E-state index in [2.05, 4.69) is 4.98 Å². The molecule has 0 aromatic carbocycles. The molecule has 2 amide bonds. The highest BCUT2D eigenvalue weighted by Crippen LogP contribution is 2.22. The molecule has 2 rings (SSSR count). The molecule has 2 heterocycles. The van der Waals surface area contributed by atoms with Gasteiger partial charge in [-0.15, -0.1) is 0 Å². The Morgan fingerprint density at radius 2 is 1.74 bits per heavy atom. The SMILES string of the molecule is CCc1c(C(=O)N2CCCN(C(=O)OCC(C)C)CC2)[nH]c(C)c1C(C)=O. The van der Waals surface area contributed by atoms with Crippen LogP contribution >= 0.6 is 0 Å². The van der Waals surface area contributed by atoms with Gasteiger partial charge in [-0.1, -0.05) is 20.8 Å². The van der Waals surface area contributed by atoms with Crippen molar-refractivity contribution in [2.45, 2.75) is 47.5 Å². The first kappa shape index (κ1) is 21.0. The van der Waals surface area contributed by atoms with E-state index in [4.69, 9.17) is 4.74 Å². The van der Waals surface area contributed by atoms with Crippen LogP contribution in [0, 0.1) is 12.8 Å². The van der Waals surface area contributed by atoms with Gasteiger partial charge >= 0.3 is 6.09 Å². The molecule has 0 aliphatic carbocycles. The zero-order chi connectivity index (χ0) is 20.1. The quantitative estimate of drug-likeness (QED) is 0.800. The average molecular weight is 377 g/mol. The molecule has 1 N–H and O–H groups in total. The Bertz CT molecular complexity index is 708. The molecule has 0 saturated carbocycles. The lowest BCUT2D eigenvalue weighted by molar-refractivity contribution is 0.0740. The fraction of sp³-hybridized carbons (Fsp3) is 0.650. The maximum Gasteiger partial charge on any atom is 0.409 e. The van der Waals surface area contributed by atoms with Gasteiger partial charge < -0.3 is 19.5 Å². The maximum absolute atomic E-state index is 13.1. The van der Waals surface area contributed by atoms with Gasteiger partial charge in [0.15, 0.2) is 5.78 Å². The van der Waals surface area contributed by atoms with Crippen molar-refractivity contribution in [3.63, 3.8) is 0 Å². The summed E-state index contributed by atoms with van der Waals surface area (Å²) in [6, 6.07) is 0. The van der Waals surface area contributed by atoms with Gasteiger partial charge in [0.2, 0.25) is 0 Å². The normalized spacial score (nSPS) is 15.0. The molecular weight excluding hydrogens is 346 g/mol. The van der Waals surface area contributed by atoms with Crippen molar-refractivity contribution in [3.8, 4) is 0 Å². The number of hydrogen-bond acceptors (Lipinski definition) is 4. The number of ether oxygens (including phenoxy) is 1. The summed E-state index contributed by atoms with van der Waals surface area (Å²) in [6.45, 7) is 11.7. The van der Waals surface area contributed by atoms with Crippen molar-refractivity contribution in [2.75, 3.05) is 32.8 Å². The van der Waals surface area contributed by atoms with Gasteiger partial charge in [0, 0.05) is 37.4 Å². The van der Waals surface area contributed by atoms with E-state index in [9.17, 15) is 14.4 Å². The van der Waals surface area contributed by atoms with Crippen molar-refractivity contribution in [3.05, 3.63) is 22.5 Å². The molecule has 0 radical (unpaired) electrons. The van der Waals surface area contributed by atoms with Gasteiger partial charge in [-0.3, -0.25) is 9.59 Å². The minimum absolute atomic E-state index is 0.0328. The van der Waals surface area contributed by atoms with Gasteiger partial charge in [0.1, 0.15) is 5.69 Å². The Hall–Kier alpha value is -2.31. The van der Waals surface area contributed by atoms with Crippen LogP contribution in [0.3, 0.4) is 0 Å². The van der Waals surface area contributed by atoms with Crippen molar-refractivity contribution in [1.82, 2.24) is 14.8 Å². The highest BCUT2D eigenvalue weighted by molar-refractivity contribution is 6.02. The predicted octanol–water partition coefficient (Wildman–Crippen LogP) is 3.03. The highest BCUT2D eigenvalue weighted by Gasteiger charge is 2.28. The second-order valence-corrected chi connectivity index (χ2v) is 7.49. The number of Topliss-reactive ketones (excluding diaryl/α,β-unsaturated/α-hetero) is 1. The first-order chi connectivity index (χ1) is 12.8. The fourth-order valence-corrected chi connectivity index (χ4v) is 3.48. The molecule has 1 saturated heterocycles. The van der Waals surface area contributed by atoms with E-state index in [0.29, 0.717) is 56.9 Å². The van der Waals surface area contributed by atoms with E-state index in [0.717, 1.165) is 11.3 Å². The van der Waals surface area contributed by atoms with Crippen LogP contribution in [0.2, 0.25) is 0 Å². The second-order valence-electron chi connectivity index (χ2n) is 7.49. The number of rotatable bonds is 5. The lowest BCUT2D eigenvalue weighted by atomic mass is 10.0. The van der Waals surface area contributed by atoms with Crippen molar-refractivity contribution in [2.24, 2.45) is 5.92 Å². The predicted molar refractivity (Wildman–Crippen MR) is 103 cm³/mol. The van der Waals surface area contributed by atoms with Crippen LogP contribution in [0.15, 0.2) is 0 Å². The summed E-state index contributed by atoms with van der Waals surface area (Å²) in [5.41, 5.74) is 2.63. The largest absolute Gasteiger partial charge is 0.449 e. The molecule has 0 bridgehead atoms. The number of ketones is 1. The first-order valence-electron chi connectivity index (χ1n) is 9.69. The van der Waals surface area contributed by atoms with Gasteiger partial charge in [0.05, 0.1) is 6.61 Å². The molecule has 1 aliphatic rings. The zero-order valence-electron chi connectivity index (χ0n) is 17.1. The molecule has 150 valence electrons. The van der Waals surface area contributed by atoms with Crippen LogP contribution in [-0.4, -0.2) is 65.4 Å². The lowest BCUT2D eigenvalue weighted by Crippen LogP contribution is -2.38. The number of aromatic amines is 1. The zero-order valence-corrected chi connectivity index (χ0v) is 17.1. The molecule has 0 unspecified atom stereocenters. The van der Waals surface area contributed by atoms with Crippen LogP contribution < -0.4 is 0 Å². The van der Waals surface area contributed by atoms with Gasteiger partial charge in [-0.25, -0.2) is 4.79 Å². The first-order valence-corrected chi connectivity index (χ1v) is 9.69. The molecule has 7 nitrogen and oxygen atoms in total. The molecule has 0 spiro atoms. The van der Waals surface area contributed by atoms with E-state index in [1.54, 1.807) is 9.80 Å². The smallest absolute Gasteiger partial charge is 0.409 e. The topological polar surface area (TPSA) is 82.7 Å². The molecule has 1 fully saturated rings. The van der Waals surface area contributed by atoms with Crippen LogP contribution in [-0.2, 0) is 11.2 Å². The number of nitrogens with one attached hydrogen (secondary N) is 1. The molecule has 1 aromatic heterocycles. The summed E-state index contributed by atoms with van der Waals surface area (Å²) in [5, 5.41) is 0. The third-order valence-electron chi connectivity index (χ3n) is 4.79. The monoisotopic (exact) mass is 377 g/mol. The number of carbonyl (C=O) groups excluding carboxylic acids is 3. The minimum Gasteiger partial charge on any atom is -0.449 e. The van der Waals surface area contributed by atoms with E-state index < -0.39 is 0 Å². The number of nitrogens with zero attached hydrogens (tertiary/aromatic N) is 2. The van der Waals surface area contributed by atoms with Gasteiger partial charge in [-0.05, 0) is 38.2 Å². The molecule has 1 aliphatic heterocycles. The standard InChI is InChI=1S/C20H31N3O4/c1-6-16-17(15(5)24)14(4)21-18(16)19(25)22-8-7-9-23(11-10-22)20(26)27-12-13(2)3/h13,21H,6-12H2,1-5H3. The Morgan fingerprint density at radius 3 is 2.33 bits per heavy atom. The summed E-state index contributed by atoms with van der Waals surface area (Å²) in [7, 11) is 0. The van der Waals surface area contributed by atoms with E-state index in [1.807, 2.05) is 27.7 Å². The molecular formula is C20H31N3O4. The van der Waals surface area contributed by atoms with Crippen molar-refractivity contribution in [1.29, 1.82) is 0 Å². The Labute approximate surface area is 161 Å². The average Bonchev–Trinajstić information content (AvgIpc) is 2.79. The Kier molecular flexibility index (Phi) is 7.05. The van der Waals surface area contributed by atoms with Crippen LogP contribution in [0.5, 0.6) is 0 Å². The highest BCUT2D eigenvalue weighted by atomic mass is 16.6. The summed E-state index contributed by atoms with van der Waals surface area (Å²) in [5.74, 6) is 0.146. The number of H-pyrrole nitrogens is 1. The number of aryl methyl sites for hydroxylation is 1. The lowest BCUT2D eigenvalue weighted by Gasteiger charge is -2.22. The fourth-order valence-electron chi connectivity index (χ4n) is 3.48. The van der Waals surface area contributed by atoms with Crippen molar-refractivity contribution >= 4 is 17.8 Å². The van der Waals surface area contributed by atoms with Crippen LogP contribution in [0.25, 0.3) is 0 Å². The summed E-state index contributed by atoms with van der Waals surface area (Å²) in [6.07, 6.45) is 0.993. The van der Waals surface area contributed by atoms with Crippen LogP contribution in [0.4, 0.5) is 4.79 Å². The van der Waals surface area contributed by atoms with Crippen LogP contribution in [0.1, 0.15) is 66.2 Å². The van der Waals surface area contributed by atoms with Crippen molar-refractivity contribution < 1.29 is 19.1 Å². The second kappa shape index (κ2) is 9.06. The molecule has 7 heteroatoms. The van der Waals surface area contributed by atoms with Gasteiger partial charge in [-0.2, -0.15) is 0 Å². The van der Waals surface area contributed by atoms with Gasteiger partial charge in [0.25, 0.3) is 5.91 Å². The van der Waals surface area contributed by atoms with E-state index in [-0.39, 0.29) is 23.7 Å².